The Hall–Kier alpha value is -0.790. The van der Waals surface area contributed by atoms with Crippen molar-refractivity contribution in [3.63, 3.8) is 0 Å². The van der Waals surface area contributed by atoms with Crippen molar-refractivity contribution < 1.29 is 4.79 Å². The molecular formula is C22H35NO. The van der Waals surface area contributed by atoms with Crippen LogP contribution >= 0.6 is 0 Å². The lowest BCUT2D eigenvalue weighted by Crippen LogP contribution is -2.64. The Morgan fingerprint density at radius 3 is 2.50 bits per heavy atom. The van der Waals surface area contributed by atoms with Crippen molar-refractivity contribution in [1.29, 1.82) is 0 Å². The summed E-state index contributed by atoms with van der Waals surface area (Å²) in [5.41, 5.74) is 2.28. The van der Waals surface area contributed by atoms with Gasteiger partial charge in [0, 0.05) is 11.5 Å². The lowest BCUT2D eigenvalue weighted by Gasteiger charge is -2.61. The maximum atomic E-state index is 12.5. The van der Waals surface area contributed by atoms with Crippen LogP contribution in [0, 0.1) is 34.0 Å². The minimum absolute atomic E-state index is 0.210. The van der Waals surface area contributed by atoms with Gasteiger partial charge in [0.25, 0.3) is 0 Å². The second-order valence-electron chi connectivity index (χ2n) is 10.4. The van der Waals surface area contributed by atoms with E-state index in [-0.39, 0.29) is 11.3 Å². The Morgan fingerprint density at radius 1 is 1.04 bits per heavy atom. The predicted octanol–water partition coefficient (Wildman–Crippen LogP) is 5.09. The molecule has 1 heterocycles. The predicted molar refractivity (Wildman–Crippen MR) is 98.5 cm³/mol. The molecule has 0 bridgehead atoms. The highest BCUT2D eigenvalue weighted by atomic mass is 16.2. The summed E-state index contributed by atoms with van der Waals surface area (Å²) in [6, 6.07) is 0.409. The van der Waals surface area contributed by atoms with E-state index in [1.807, 2.05) is 0 Å². The average Bonchev–Trinajstić information content (AvgIpc) is 2.85. The van der Waals surface area contributed by atoms with Gasteiger partial charge in [-0.25, -0.2) is 0 Å². The van der Waals surface area contributed by atoms with Crippen LogP contribution in [0.5, 0.6) is 0 Å². The van der Waals surface area contributed by atoms with E-state index in [1.165, 1.54) is 38.5 Å². The Labute approximate surface area is 147 Å². The minimum atomic E-state index is -0.210. The summed E-state index contributed by atoms with van der Waals surface area (Å²) in [7, 11) is 0. The van der Waals surface area contributed by atoms with Crippen molar-refractivity contribution in [3.8, 4) is 0 Å². The van der Waals surface area contributed by atoms with Gasteiger partial charge in [-0.3, -0.25) is 4.79 Å². The molecule has 1 aliphatic heterocycles. The largest absolute Gasteiger partial charge is 0.352 e. The number of fused-ring (bicyclic) bond motifs is 5. The Morgan fingerprint density at radius 2 is 1.79 bits per heavy atom. The summed E-state index contributed by atoms with van der Waals surface area (Å²) >= 11 is 0. The van der Waals surface area contributed by atoms with Gasteiger partial charge in [0.15, 0.2) is 0 Å². The fourth-order valence-corrected chi connectivity index (χ4v) is 7.66. The number of allylic oxidation sites excluding steroid dienone is 2. The molecule has 24 heavy (non-hydrogen) atoms. The number of carbonyl (C=O) groups is 1. The highest BCUT2D eigenvalue weighted by molar-refractivity contribution is 5.83. The number of piperidine rings is 1. The molecule has 0 aromatic carbocycles. The van der Waals surface area contributed by atoms with Crippen molar-refractivity contribution in [2.75, 3.05) is 0 Å². The van der Waals surface area contributed by atoms with Crippen LogP contribution < -0.4 is 5.32 Å². The van der Waals surface area contributed by atoms with E-state index < -0.39 is 0 Å². The molecule has 0 aromatic rings. The number of hydrogen-bond donors (Lipinski definition) is 1. The molecule has 0 unspecified atom stereocenters. The number of nitrogens with one attached hydrogen (secondary N) is 1. The fraction of sp³-hybridized carbons (Fsp3) is 0.864. The van der Waals surface area contributed by atoms with Crippen LogP contribution in [0.3, 0.4) is 0 Å². The molecular weight excluding hydrogens is 294 g/mol. The second kappa shape index (κ2) is 5.11. The van der Waals surface area contributed by atoms with Crippen molar-refractivity contribution in [2.24, 2.45) is 34.0 Å². The third kappa shape index (κ3) is 2.04. The number of rotatable bonds is 0. The number of hydrogen-bond acceptors (Lipinski definition) is 1. The van der Waals surface area contributed by atoms with E-state index in [4.69, 9.17) is 0 Å². The van der Waals surface area contributed by atoms with Gasteiger partial charge in [-0.15, -0.1) is 0 Å². The first kappa shape index (κ1) is 16.7. The quantitative estimate of drug-likeness (QED) is 0.616. The normalized spacial score (nSPS) is 51.5. The van der Waals surface area contributed by atoms with Crippen LogP contribution in [0.15, 0.2) is 11.6 Å². The van der Waals surface area contributed by atoms with E-state index in [0.717, 1.165) is 24.2 Å². The first-order valence-electron chi connectivity index (χ1n) is 10.2. The lowest BCUT2D eigenvalue weighted by atomic mass is 9.46. The summed E-state index contributed by atoms with van der Waals surface area (Å²) in [6.07, 6.45) is 11.4. The summed E-state index contributed by atoms with van der Waals surface area (Å²) in [5, 5.41) is 3.42. The number of amides is 1. The van der Waals surface area contributed by atoms with Crippen LogP contribution in [-0.2, 0) is 4.79 Å². The molecule has 2 heteroatoms. The molecule has 4 rings (SSSR count). The van der Waals surface area contributed by atoms with Gasteiger partial charge < -0.3 is 5.32 Å². The summed E-state index contributed by atoms with van der Waals surface area (Å²) in [4.78, 5) is 12.5. The molecule has 3 aliphatic carbocycles. The van der Waals surface area contributed by atoms with Crippen LogP contribution in [0.25, 0.3) is 0 Å². The molecule has 0 spiro atoms. The monoisotopic (exact) mass is 329 g/mol. The van der Waals surface area contributed by atoms with Gasteiger partial charge in [0.05, 0.1) is 0 Å². The van der Waals surface area contributed by atoms with E-state index in [9.17, 15) is 4.79 Å². The zero-order chi connectivity index (χ0) is 17.3. The first-order chi connectivity index (χ1) is 11.2. The van der Waals surface area contributed by atoms with Crippen molar-refractivity contribution in [2.45, 2.75) is 85.6 Å². The van der Waals surface area contributed by atoms with E-state index in [2.05, 4.69) is 46.0 Å². The molecule has 4 aliphatic rings. The summed E-state index contributed by atoms with van der Waals surface area (Å²) in [5.74, 6) is 2.82. The highest BCUT2D eigenvalue weighted by Crippen LogP contribution is 2.66. The zero-order valence-corrected chi connectivity index (χ0v) is 16.2. The van der Waals surface area contributed by atoms with Crippen molar-refractivity contribution >= 4 is 5.91 Å². The third-order valence-electron chi connectivity index (χ3n) is 8.81. The minimum Gasteiger partial charge on any atom is -0.352 e. The lowest BCUT2D eigenvalue weighted by molar-refractivity contribution is -0.150. The van der Waals surface area contributed by atoms with Gasteiger partial charge in [-0.2, -0.15) is 0 Å². The smallest absolute Gasteiger partial charge is 0.225 e. The molecule has 1 amide bonds. The van der Waals surface area contributed by atoms with Crippen LogP contribution in [0.2, 0.25) is 0 Å². The second-order valence-corrected chi connectivity index (χ2v) is 10.4. The molecule has 1 saturated heterocycles. The maximum Gasteiger partial charge on any atom is 0.225 e. The van der Waals surface area contributed by atoms with Crippen molar-refractivity contribution in [3.05, 3.63) is 11.6 Å². The van der Waals surface area contributed by atoms with Crippen LogP contribution in [-0.4, -0.2) is 11.9 Å². The van der Waals surface area contributed by atoms with E-state index in [0.29, 0.717) is 16.9 Å². The van der Waals surface area contributed by atoms with Gasteiger partial charge in [0.1, 0.15) is 0 Å². The average molecular weight is 330 g/mol. The molecule has 0 radical (unpaired) electrons. The standard InChI is InChI=1S/C22H35NO/c1-6-14-7-9-16-15-8-10-18-22(5,13-20(2,3)19(24)23-18)17(15)11-12-21(14,16)4/h6,15-18H,7-13H2,1-5H3,(H,23,24)/t15-,16-,17-,18+,21+,22+/m0/s1. The third-order valence-corrected chi connectivity index (χ3v) is 8.81. The molecule has 2 nitrogen and oxygen atoms in total. The van der Waals surface area contributed by atoms with E-state index >= 15 is 0 Å². The molecule has 1 N–H and O–H groups in total. The van der Waals surface area contributed by atoms with Gasteiger partial charge in [-0.05, 0) is 80.5 Å². The molecule has 6 atom stereocenters. The SMILES string of the molecule is CC=C1CC[C@H]2[C@@H]3CC[C@H]4NC(=O)C(C)(C)C[C@]4(C)[C@H]3CC[C@]12C. The molecule has 134 valence electrons. The van der Waals surface area contributed by atoms with Gasteiger partial charge >= 0.3 is 0 Å². The van der Waals surface area contributed by atoms with Gasteiger partial charge in [0.2, 0.25) is 5.91 Å². The highest BCUT2D eigenvalue weighted by Gasteiger charge is 2.61. The van der Waals surface area contributed by atoms with Gasteiger partial charge in [-0.1, -0.05) is 39.3 Å². The fourth-order valence-electron chi connectivity index (χ4n) is 7.66. The maximum absolute atomic E-state index is 12.5. The van der Waals surface area contributed by atoms with E-state index in [1.54, 1.807) is 5.57 Å². The summed E-state index contributed by atoms with van der Waals surface area (Å²) < 4.78 is 0. The first-order valence-corrected chi connectivity index (χ1v) is 10.2. The molecule has 3 saturated carbocycles. The van der Waals surface area contributed by atoms with Crippen LogP contribution in [0.1, 0.15) is 79.6 Å². The van der Waals surface area contributed by atoms with Crippen LogP contribution in [0.4, 0.5) is 0 Å². The Kier molecular flexibility index (Phi) is 3.55. The zero-order valence-electron chi connectivity index (χ0n) is 16.2. The number of carbonyl (C=O) groups excluding carboxylic acids is 1. The molecule has 4 fully saturated rings. The Balaban J connectivity index is 1.67. The van der Waals surface area contributed by atoms with Crippen molar-refractivity contribution in [1.82, 2.24) is 5.32 Å². The molecule has 0 aromatic heterocycles. The Bertz CT molecular complexity index is 591. The topological polar surface area (TPSA) is 29.1 Å². The summed E-state index contributed by atoms with van der Waals surface area (Å²) in [6.45, 7) is 11.6.